The second-order valence-corrected chi connectivity index (χ2v) is 4.86. The maximum Gasteiger partial charge on any atom is 0.416 e. The Hall–Kier alpha value is -3.16. The van der Waals surface area contributed by atoms with Crippen molar-refractivity contribution in [2.24, 2.45) is 0 Å². The number of para-hydroxylation sites is 1. The molecule has 3 rings (SSSR count). The normalized spacial score (nSPS) is 11.1. The van der Waals surface area contributed by atoms with Crippen molar-refractivity contribution < 1.29 is 13.2 Å². The first-order valence-electron chi connectivity index (χ1n) is 6.97. The molecule has 0 unspecified atom stereocenters. The van der Waals surface area contributed by atoms with Crippen LogP contribution in [-0.4, -0.2) is 15.2 Å². The van der Waals surface area contributed by atoms with Crippen LogP contribution >= 0.6 is 0 Å². The molecule has 0 amide bonds. The third-order valence-corrected chi connectivity index (χ3v) is 3.07. The van der Waals surface area contributed by atoms with Crippen LogP contribution < -0.4 is 10.6 Å². The van der Waals surface area contributed by atoms with Crippen LogP contribution in [0.3, 0.4) is 0 Å². The van der Waals surface area contributed by atoms with Gasteiger partial charge in [-0.3, -0.25) is 0 Å². The van der Waals surface area contributed by atoms with E-state index in [1.165, 1.54) is 18.3 Å². The summed E-state index contributed by atoms with van der Waals surface area (Å²) >= 11 is 0. The summed E-state index contributed by atoms with van der Waals surface area (Å²) in [6, 6.07) is 14.0. The lowest BCUT2D eigenvalue weighted by molar-refractivity contribution is -0.137. The van der Waals surface area contributed by atoms with Gasteiger partial charge in [0.05, 0.1) is 11.8 Å². The molecule has 0 aliphatic carbocycles. The fourth-order valence-electron chi connectivity index (χ4n) is 1.96. The highest BCUT2D eigenvalue weighted by molar-refractivity contribution is 5.58. The van der Waals surface area contributed by atoms with Gasteiger partial charge in [0.15, 0.2) is 5.82 Å². The van der Waals surface area contributed by atoms with Crippen LogP contribution in [0.2, 0.25) is 0 Å². The van der Waals surface area contributed by atoms with Crippen molar-refractivity contribution in [2.45, 2.75) is 6.18 Å². The van der Waals surface area contributed by atoms with Gasteiger partial charge in [0, 0.05) is 11.4 Å². The molecule has 8 heteroatoms. The maximum atomic E-state index is 12.5. The molecule has 0 bridgehead atoms. The van der Waals surface area contributed by atoms with E-state index in [4.69, 9.17) is 0 Å². The Kier molecular flexibility index (Phi) is 4.28. The Bertz CT molecular complexity index is 804. The highest BCUT2D eigenvalue weighted by Gasteiger charge is 2.29. The van der Waals surface area contributed by atoms with Gasteiger partial charge in [-0.15, -0.1) is 5.10 Å². The van der Waals surface area contributed by atoms with Crippen LogP contribution in [0.1, 0.15) is 5.56 Å². The SMILES string of the molecule is FC(F)(F)c1ccc(Nc2nncc(Nc3ccccc3)n2)cc1. The zero-order valence-electron chi connectivity index (χ0n) is 12.2. The number of nitrogens with one attached hydrogen (secondary N) is 2. The maximum absolute atomic E-state index is 12.5. The molecule has 1 heterocycles. The zero-order valence-corrected chi connectivity index (χ0v) is 12.2. The molecule has 2 aromatic carbocycles. The van der Waals surface area contributed by atoms with E-state index in [1.54, 1.807) is 0 Å². The second-order valence-electron chi connectivity index (χ2n) is 4.86. The number of benzene rings is 2. The van der Waals surface area contributed by atoms with Gasteiger partial charge in [0.1, 0.15) is 0 Å². The molecule has 24 heavy (non-hydrogen) atoms. The molecule has 5 nitrogen and oxygen atoms in total. The molecule has 0 radical (unpaired) electrons. The molecular formula is C16H12F3N5. The van der Waals surface area contributed by atoms with Crippen LogP contribution in [0, 0.1) is 0 Å². The molecule has 0 fully saturated rings. The Morgan fingerprint density at radius 3 is 2.12 bits per heavy atom. The van der Waals surface area contributed by atoms with E-state index >= 15 is 0 Å². The van der Waals surface area contributed by atoms with Gasteiger partial charge < -0.3 is 10.6 Å². The van der Waals surface area contributed by atoms with Gasteiger partial charge in [0.2, 0.25) is 5.95 Å². The third kappa shape index (κ3) is 3.97. The van der Waals surface area contributed by atoms with E-state index in [0.717, 1.165) is 17.8 Å². The van der Waals surface area contributed by atoms with Gasteiger partial charge in [0.25, 0.3) is 0 Å². The van der Waals surface area contributed by atoms with Crippen molar-refractivity contribution in [3.8, 4) is 0 Å². The highest BCUT2D eigenvalue weighted by atomic mass is 19.4. The molecule has 0 saturated carbocycles. The summed E-state index contributed by atoms with van der Waals surface area (Å²) in [6.45, 7) is 0. The first-order chi connectivity index (χ1) is 11.5. The predicted molar refractivity (Wildman–Crippen MR) is 84.3 cm³/mol. The van der Waals surface area contributed by atoms with Crippen molar-refractivity contribution in [3.05, 3.63) is 66.4 Å². The lowest BCUT2D eigenvalue weighted by Crippen LogP contribution is -2.05. The predicted octanol–water partition coefficient (Wildman–Crippen LogP) is 4.38. The van der Waals surface area contributed by atoms with Crippen LogP contribution in [-0.2, 0) is 6.18 Å². The molecule has 3 aromatic rings. The Morgan fingerprint density at radius 1 is 0.792 bits per heavy atom. The minimum Gasteiger partial charge on any atom is -0.339 e. The Labute approximate surface area is 135 Å². The van der Waals surface area contributed by atoms with Crippen molar-refractivity contribution >= 4 is 23.1 Å². The van der Waals surface area contributed by atoms with E-state index in [-0.39, 0.29) is 5.95 Å². The van der Waals surface area contributed by atoms with Gasteiger partial charge in [-0.2, -0.15) is 23.3 Å². The summed E-state index contributed by atoms with van der Waals surface area (Å²) in [7, 11) is 0. The quantitative estimate of drug-likeness (QED) is 0.743. The van der Waals surface area contributed by atoms with Crippen molar-refractivity contribution in [1.82, 2.24) is 15.2 Å². The Morgan fingerprint density at radius 2 is 1.46 bits per heavy atom. The number of nitrogens with zero attached hydrogens (tertiary/aromatic N) is 3. The standard InChI is InChI=1S/C16H12F3N5/c17-16(18,19)11-6-8-13(9-7-11)22-15-23-14(10-20-24-15)21-12-4-2-1-3-5-12/h1-10H,(H2,21,22,23,24). The van der Waals surface area contributed by atoms with E-state index in [1.807, 2.05) is 30.3 Å². The number of anilines is 4. The number of rotatable bonds is 4. The van der Waals surface area contributed by atoms with Gasteiger partial charge >= 0.3 is 6.18 Å². The molecule has 0 aliphatic rings. The van der Waals surface area contributed by atoms with Crippen LogP contribution in [0.15, 0.2) is 60.8 Å². The van der Waals surface area contributed by atoms with Crippen molar-refractivity contribution in [2.75, 3.05) is 10.6 Å². The smallest absolute Gasteiger partial charge is 0.339 e. The van der Waals surface area contributed by atoms with Gasteiger partial charge in [-0.25, -0.2) is 0 Å². The van der Waals surface area contributed by atoms with Crippen molar-refractivity contribution in [3.63, 3.8) is 0 Å². The van der Waals surface area contributed by atoms with Gasteiger partial charge in [-0.05, 0) is 36.4 Å². The summed E-state index contributed by atoms with van der Waals surface area (Å²) in [5, 5.41) is 13.5. The molecule has 0 aliphatic heterocycles. The minimum absolute atomic E-state index is 0.177. The number of aromatic nitrogens is 3. The lowest BCUT2D eigenvalue weighted by atomic mass is 10.2. The largest absolute Gasteiger partial charge is 0.416 e. The summed E-state index contributed by atoms with van der Waals surface area (Å²) in [5.74, 6) is 0.640. The molecule has 0 spiro atoms. The fourth-order valence-corrected chi connectivity index (χ4v) is 1.96. The van der Waals surface area contributed by atoms with E-state index in [9.17, 15) is 13.2 Å². The average Bonchev–Trinajstić information content (AvgIpc) is 2.56. The number of alkyl halides is 3. The zero-order chi connectivity index (χ0) is 17.0. The fraction of sp³-hybridized carbons (Fsp3) is 0.0625. The van der Waals surface area contributed by atoms with Gasteiger partial charge in [-0.1, -0.05) is 18.2 Å². The molecule has 122 valence electrons. The summed E-state index contributed by atoms with van der Waals surface area (Å²) in [6.07, 6.45) is -2.92. The van der Waals surface area contributed by atoms with Crippen LogP contribution in [0.5, 0.6) is 0 Å². The summed E-state index contributed by atoms with van der Waals surface area (Å²) < 4.78 is 37.6. The summed E-state index contributed by atoms with van der Waals surface area (Å²) in [4.78, 5) is 4.22. The molecule has 0 atom stereocenters. The molecule has 1 aromatic heterocycles. The second kappa shape index (κ2) is 6.53. The van der Waals surface area contributed by atoms with Crippen LogP contribution in [0.4, 0.5) is 36.3 Å². The van der Waals surface area contributed by atoms with E-state index in [0.29, 0.717) is 11.5 Å². The first-order valence-corrected chi connectivity index (χ1v) is 6.97. The number of hydrogen-bond acceptors (Lipinski definition) is 5. The third-order valence-electron chi connectivity index (χ3n) is 3.07. The minimum atomic E-state index is -4.36. The lowest BCUT2D eigenvalue weighted by Gasteiger charge is -2.09. The number of halogens is 3. The molecular weight excluding hydrogens is 319 g/mol. The average molecular weight is 331 g/mol. The number of hydrogen-bond donors (Lipinski definition) is 2. The molecule has 0 saturated heterocycles. The van der Waals surface area contributed by atoms with Crippen LogP contribution in [0.25, 0.3) is 0 Å². The first kappa shape index (κ1) is 15.7. The topological polar surface area (TPSA) is 62.7 Å². The monoisotopic (exact) mass is 331 g/mol. The molecule has 2 N–H and O–H groups in total. The highest BCUT2D eigenvalue weighted by Crippen LogP contribution is 2.30. The van der Waals surface area contributed by atoms with E-state index < -0.39 is 11.7 Å². The van der Waals surface area contributed by atoms with E-state index in [2.05, 4.69) is 25.8 Å². The summed E-state index contributed by atoms with van der Waals surface area (Å²) in [5.41, 5.74) is 0.548. The Balaban J connectivity index is 1.73. The van der Waals surface area contributed by atoms with Crippen molar-refractivity contribution in [1.29, 1.82) is 0 Å².